The van der Waals surface area contributed by atoms with Crippen molar-refractivity contribution in [2.24, 2.45) is 0 Å². The molecule has 0 unspecified atom stereocenters. The summed E-state index contributed by atoms with van der Waals surface area (Å²) in [6, 6.07) is 37.7. The van der Waals surface area contributed by atoms with E-state index in [0.717, 1.165) is 16.7 Å². The lowest BCUT2D eigenvalue weighted by Crippen LogP contribution is -2.33. The van der Waals surface area contributed by atoms with Crippen LogP contribution in [0.3, 0.4) is 0 Å². The molecule has 0 saturated carbocycles. The van der Waals surface area contributed by atoms with Crippen LogP contribution in [-0.2, 0) is 20.9 Å². The molecule has 4 nitrogen and oxygen atoms in total. The van der Waals surface area contributed by atoms with E-state index < -0.39 is 18.0 Å². The first-order chi connectivity index (χ1) is 16.2. The van der Waals surface area contributed by atoms with Crippen molar-refractivity contribution in [2.75, 3.05) is 0 Å². The molecule has 4 rings (SSSR count). The van der Waals surface area contributed by atoms with Crippen molar-refractivity contribution in [1.29, 1.82) is 0 Å². The van der Waals surface area contributed by atoms with E-state index in [1.165, 1.54) is 0 Å². The van der Waals surface area contributed by atoms with Crippen LogP contribution in [0.5, 0.6) is 0 Å². The molecule has 0 heterocycles. The fourth-order valence-electron chi connectivity index (χ4n) is 3.72. The fourth-order valence-corrected chi connectivity index (χ4v) is 3.72. The quantitative estimate of drug-likeness (QED) is 0.376. The lowest BCUT2D eigenvalue weighted by molar-refractivity contribution is -0.157. The lowest BCUT2D eigenvalue weighted by Gasteiger charge is -2.22. The van der Waals surface area contributed by atoms with E-state index in [-0.39, 0.29) is 5.91 Å². The molecule has 4 heteroatoms. The smallest absolute Gasteiger partial charge is 0.319 e. The first-order valence-corrected chi connectivity index (χ1v) is 10.9. The van der Waals surface area contributed by atoms with Gasteiger partial charge < -0.3 is 10.1 Å². The molecular formula is C29H25NO3. The third kappa shape index (κ3) is 5.74. The van der Waals surface area contributed by atoms with E-state index in [1.807, 2.05) is 109 Å². The fraction of sp³-hybridized carbons (Fsp3) is 0.103. The molecule has 0 aromatic heterocycles. The first-order valence-electron chi connectivity index (χ1n) is 10.9. The summed E-state index contributed by atoms with van der Waals surface area (Å²) >= 11 is 0. The predicted octanol–water partition coefficient (Wildman–Crippen LogP) is 5.42. The van der Waals surface area contributed by atoms with Gasteiger partial charge in [0, 0.05) is 12.1 Å². The van der Waals surface area contributed by atoms with Crippen molar-refractivity contribution in [3.05, 3.63) is 144 Å². The molecule has 1 N–H and O–H groups in total. The van der Waals surface area contributed by atoms with Crippen molar-refractivity contribution in [2.45, 2.75) is 18.6 Å². The average Bonchev–Trinajstić information content (AvgIpc) is 2.88. The second-order valence-electron chi connectivity index (χ2n) is 7.69. The van der Waals surface area contributed by atoms with Gasteiger partial charge >= 0.3 is 5.97 Å². The Balaban J connectivity index is 1.60. The van der Waals surface area contributed by atoms with E-state index in [1.54, 1.807) is 12.1 Å². The zero-order valence-corrected chi connectivity index (χ0v) is 18.1. The van der Waals surface area contributed by atoms with Gasteiger partial charge in [-0.05, 0) is 16.7 Å². The second-order valence-corrected chi connectivity index (χ2v) is 7.69. The average molecular weight is 436 g/mol. The van der Waals surface area contributed by atoms with Crippen LogP contribution >= 0.6 is 0 Å². The lowest BCUT2D eigenvalue weighted by atomic mass is 9.91. The Morgan fingerprint density at radius 3 is 1.52 bits per heavy atom. The molecule has 0 radical (unpaired) electrons. The Morgan fingerprint density at radius 2 is 1.03 bits per heavy atom. The van der Waals surface area contributed by atoms with Crippen LogP contribution in [0.25, 0.3) is 0 Å². The minimum absolute atomic E-state index is 0.349. The molecule has 0 fully saturated rings. The van der Waals surface area contributed by atoms with Gasteiger partial charge in [-0.3, -0.25) is 9.59 Å². The Morgan fingerprint density at radius 1 is 0.606 bits per heavy atom. The van der Waals surface area contributed by atoms with Crippen molar-refractivity contribution in [1.82, 2.24) is 5.32 Å². The van der Waals surface area contributed by atoms with E-state index in [2.05, 4.69) is 5.32 Å². The Bertz CT molecular complexity index is 1120. The third-order valence-corrected chi connectivity index (χ3v) is 5.39. The summed E-state index contributed by atoms with van der Waals surface area (Å²) in [6.45, 7) is 0.349. The number of nitrogens with one attached hydrogen (secondary N) is 1. The van der Waals surface area contributed by atoms with Gasteiger partial charge in [-0.1, -0.05) is 121 Å². The van der Waals surface area contributed by atoms with Gasteiger partial charge in [-0.2, -0.15) is 0 Å². The van der Waals surface area contributed by atoms with Gasteiger partial charge in [0.1, 0.15) is 5.92 Å². The highest BCUT2D eigenvalue weighted by atomic mass is 16.5. The molecule has 1 atom stereocenters. The zero-order valence-electron chi connectivity index (χ0n) is 18.1. The van der Waals surface area contributed by atoms with Gasteiger partial charge in [0.15, 0.2) is 0 Å². The largest absolute Gasteiger partial charge is 0.447 e. The number of esters is 1. The maximum absolute atomic E-state index is 13.5. The van der Waals surface area contributed by atoms with Crippen molar-refractivity contribution in [3.63, 3.8) is 0 Å². The van der Waals surface area contributed by atoms with Crippen LogP contribution in [-0.4, -0.2) is 11.9 Å². The Labute approximate surface area is 193 Å². The van der Waals surface area contributed by atoms with Gasteiger partial charge in [0.25, 0.3) is 5.91 Å². The standard InChI is InChI=1S/C29H25NO3/c31-28(30-21-22-13-5-1-6-14-22)27(25-19-11-4-12-20-25)33-29(32)26(23-15-7-2-8-16-23)24-17-9-3-10-18-24/h1-20,26-27H,21H2,(H,30,31)/t27-/m0/s1. The summed E-state index contributed by atoms with van der Waals surface area (Å²) < 4.78 is 5.91. The zero-order chi connectivity index (χ0) is 22.9. The maximum Gasteiger partial charge on any atom is 0.319 e. The molecule has 33 heavy (non-hydrogen) atoms. The predicted molar refractivity (Wildman–Crippen MR) is 128 cm³/mol. The van der Waals surface area contributed by atoms with E-state index in [0.29, 0.717) is 12.1 Å². The van der Waals surface area contributed by atoms with Crippen molar-refractivity contribution < 1.29 is 14.3 Å². The molecule has 0 saturated heterocycles. The maximum atomic E-state index is 13.5. The highest BCUT2D eigenvalue weighted by Crippen LogP contribution is 2.29. The monoisotopic (exact) mass is 435 g/mol. The Kier molecular flexibility index (Phi) is 7.29. The summed E-state index contributed by atoms with van der Waals surface area (Å²) in [5.41, 5.74) is 3.21. The normalized spacial score (nSPS) is 11.5. The third-order valence-electron chi connectivity index (χ3n) is 5.39. The van der Waals surface area contributed by atoms with Crippen LogP contribution in [0.4, 0.5) is 0 Å². The number of ether oxygens (including phenoxy) is 1. The number of rotatable bonds is 8. The topological polar surface area (TPSA) is 55.4 Å². The van der Waals surface area contributed by atoms with Crippen LogP contribution in [0, 0.1) is 0 Å². The number of carbonyl (C=O) groups excluding carboxylic acids is 2. The van der Waals surface area contributed by atoms with Crippen molar-refractivity contribution in [3.8, 4) is 0 Å². The summed E-state index contributed by atoms with van der Waals surface area (Å²) in [5.74, 6) is -1.48. The van der Waals surface area contributed by atoms with Crippen LogP contribution in [0.2, 0.25) is 0 Å². The molecule has 0 aliphatic rings. The second kappa shape index (κ2) is 10.9. The summed E-state index contributed by atoms with van der Waals surface area (Å²) in [5, 5.41) is 2.91. The molecule has 4 aromatic rings. The summed E-state index contributed by atoms with van der Waals surface area (Å²) in [6.07, 6.45) is -1.06. The van der Waals surface area contributed by atoms with Gasteiger partial charge in [0.2, 0.25) is 6.10 Å². The highest BCUT2D eigenvalue weighted by Gasteiger charge is 2.31. The molecular weight excluding hydrogens is 410 g/mol. The molecule has 1 amide bonds. The minimum atomic E-state index is -1.06. The van der Waals surface area contributed by atoms with Crippen LogP contribution < -0.4 is 5.32 Å². The summed E-state index contributed by atoms with van der Waals surface area (Å²) in [4.78, 5) is 26.7. The van der Waals surface area contributed by atoms with E-state index in [4.69, 9.17) is 4.74 Å². The molecule has 4 aromatic carbocycles. The molecule has 164 valence electrons. The molecule has 0 aliphatic carbocycles. The van der Waals surface area contributed by atoms with Crippen molar-refractivity contribution >= 4 is 11.9 Å². The first kappa shape index (κ1) is 22.0. The minimum Gasteiger partial charge on any atom is -0.447 e. The number of hydrogen-bond acceptors (Lipinski definition) is 3. The summed E-state index contributed by atoms with van der Waals surface area (Å²) in [7, 11) is 0. The molecule has 0 bridgehead atoms. The highest BCUT2D eigenvalue weighted by molar-refractivity contribution is 5.88. The number of benzene rings is 4. The SMILES string of the molecule is O=C(O[C@H](C(=O)NCc1ccccc1)c1ccccc1)C(c1ccccc1)c1ccccc1. The number of hydrogen-bond donors (Lipinski definition) is 1. The Hall–Kier alpha value is -4.18. The van der Waals surface area contributed by atoms with E-state index >= 15 is 0 Å². The number of carbonyl (C=O) groups is 2. The van der Waals surface area contributed by atoms with Gasteiger partial charge in [-0.15, -0.1) is 0 Å². The van der Waals surface area contributed by atoms with Gasteiger partial charge in [0.05, 0.1) is 0 Å². The van der Waals surface area contributed by atoms with E-state index in [9.17, 15) is 9.59 Å². The van der Waals surface area contributed by atoms with Gasteiger partial charge in [-0.25, -0.2) is 0 Å². The molecule has 0 spiro atoms. The van der Waals surface area contributed by atoms with Crippen LogP contribution in [0.15, 0.2) is 121 Å². The van der Waals surface area contributed by atoms with Crippen LogP contribution in [0.1, 0.15) is 34.3 Å². The number of amides is 1. The molecule has 0 aliphatic heterocycles.